The summed E-state index contributed by atoms with van der Waals surface area (Å²) in [7, 11) is 0. The zero-order valence-corrected chi connectivity index (χ0v) is 14.2. The predicted octanol–water partition coefficient (Wildman–Crippen LogP) is 3.71. The molecule has 2 aromatic carbocycles. The third-order valence-corrected chi connectivity index (χ3v) is 4.43. The lowest BCUT2D eigenvalue weighted by atomic mass is 10.3. The third kappa shape index (κ3) is 3.31. The second-order valence-corrected chi connectivity index (χ2v) is 6.34. The maximum atomic E-state index is 12.3. The van der Waals surface area contributed by atoms with Crippen LogP contribution in [-0.4, -0.2) is 20.9 Å². The van der Waals surface area contributed by atoms with E-state index < -0.39 is 5.91 Å². The Morgan fingerprint density at radius 3 is 2.65 bits per heavy atom. The van der Waals surface area contributed by atoms with Crippen molar-refractivity contribution < 1.29 is 9.53 Å². The Bertz CT molecular complexity index is 1080. The van der Waals surface area contributed by atoms with Gasteiger partial charge in [0.05, 0.1) is 10.2 Å². The van der Waals surface area contributed by atoms with Crippen LogP contribution in [0.3, 0.4) is 0 Å². The lowest BCUT2D eigenvalue weighted by Crippen LogP contribution is -2.16. The zero-order chi connectivity index (χ0) is 17.9. The Hall–Kier alpha value is -3.52. The van der Waals surface area contributed by atoms with Crippen LogP contribution < -0.4 is 15.8 Å². The van der Waals surface area contributed by atoms with E-state index in [0.717, 1.165) is 16.0 Å². The summed E-state index contributed by atoms with van der Waals surface area (Å²) in [5.41, 5.74) is 6.51. The molecule has 128 valence electrons. The van der Waals surface area contributed by atoms with Gasteiger partial charge in [0.15, 0.2) is 16.6 Å². The number of carbonyl (C=O) groups excluding carboxylic acids is 1. The maximum absolute atomic E-state index is 12.3. The van der Waals surface area contributed by atoms with Crippen LogP contribution in [0.1, 0.15) is 10.5 Å². The maximum Gasteiger partial charge on any atom is 0.279 e. The number of aromatic nitrogens is 3. The van der Waals surface area contributed by atoms with Crippen LogP contribution in [0.5, 0.6) is 11.5 Å². The molecule has 7 nitrogen and oxygen atoms in total. The van der Waals surface area contributed by atoms with Crippen molar-refractivity contribution in [3.8, 4) is 11.5 Å². The fraction of sp³-hybridized carbons (Fsp3) is 0. The van der Waals surface area contributed by atoms with E-state index in [4.69, 9.17) is 10.5 Å². The molecule has 0 radical (unpaired) electrons. The molecule has 26 heavy (non-hydrogen) atoms. The normalized spacial score (nSPS) is 10.6. The minimum Gasteiger partial charge on any atom is -0.457 e. The van der Waals surface area contributed by atoms with Crippen LogP contribution in [0.4, 0.5) is 10.9 Å². The molecule has 0 saturated heterocycles. The van der Waals surface area contributed by atoms with Crippen molar-refractivity contribution in [2.45, 2.75) is 0 Å². The average molecular weight is 363 g/mol. The Morgan fingerprint density at radius 1 is 1.04 bits per heavy atom. The van der Waals surface area contributed by atoms with Crippen molar-refractivity contribution in [3.05, 3.63) is 66.6 Å². The number of nitrogens with zero attached hydrogens (tertiary/aromatic N) is 3. The van der Waals surface area contributed by atoms with Gasteiger partial charge in [0.1, 0.15) is 11.5 Å². The largest absolute Gasteiger partial charge is 0.457 e. The zero-order valence-electron chi connectivity index (χ0n) is 13.4. The first kappa shape index (κ1) is 16.0. The summed E-state index contributed by atoms with van der Waals surface area (Å²) < 4.78 is 6.71. The van der Waals surface area contributed by atoms with Gasteiger partial charge in [0, 0.05) is 18.5 Å². The van der Waals surface area contributed by atoms with E-state index in [1.54, 1.807) is 0 Å². The third-order valence-electron chi connectivity index (χ3n) is 3.50. The van der Waals surface area contributed by atoms with Crippen LogP contribution >= 0.6 is 11.3 Å². The lowest BCUT2D eigenvalue weighted by Gasteiger charge is -2.04. The quantitative estimate of drug-likeness (QED) is 0.573. The van der Waals surface area contributed by atoms with Crippen LogP contribution in [0.25, 0.3) is 10.2 Å². The van der Waals surface area contributed by atoms with E-state index in [-0.39, 0.29) is 11.5 Å². The number of benzene rings is 2. The van der Waals surface area contributed by atoms with Crippen molar-refractivity contribution in [1.29, 1.82) is 0 Å². The molecule has 2 aromatic heterocycles. The highest BCUT2D eigenvalue weighted by Crippen LogP contribution is 2.31. The molecular weight excluding hydrogens is 350 g/mol. The fourth-order valence-electron chi connectivity index (χ4n) is 2.33. The summed E-state index contributed by atoms with van der Waals surface area (Å²) >= 11 is 1.34. The van der Waals surface area contributed by atoms with Gasteiger partial charge in [0.25, 0.3) is 5.91 Å². The summed E-state index contributed by atoms with van der Waals surface area (Å²) in [5, 5.41) is 3.15. The minimum atomic E-state index is -0.449. The smallest absolute Gasteiger partial charge is 0.279 e. The highest BCUT2D eigenvalue weighted by molar-refractivity contribution is 7.22. The second kappa shape index (κ2) is 6.77. The number of fused-ring (bicyclic) bond motifs is 1. The van der Waals surface area contributed by atoms with Crippen LogP contribution in [0.15, 0.2) is 60.9 Å². The van der Waals surface area contributed by atoms with Gasteiger partial charge >= 0.3 is 0 Å². The van der Waals surface area contributed by atoms with Crippen LogP contribution in [-0.2, 0) is 0 Å². The fourth-order valence-corrected chi connectivity index (χ4v) is 3.22. The molecule has 0 aliphatic heterocycles. The lowest BCUT2D eigenvalue weighted by molar-refractivity contribution is 0.102. The topological polar surface area (TPSA) is 103 Å². The number of amides is 1. The van der Waals surface area contributed by atoms with Gasteiger partial charge in [-0.1, -0.05) is 29.5 Å². The number of rotatable bonds is 4. The molecule has 4 aromatic rings. The average Bonchev–Trinajstić information content (AvgIpc) is 3.04. The van der Waals surface area contributed by atoms with E-state index in [1.165, 1.54) is 23.7 Å². The van der Waals surface area contributed by atoms with Gasteiger partial charge in [-0.15, -0.1) is 0 Å². The number of hydrogen-bond acceptors (Lipinski definition) is 7. The first-order valence-corrected chi connectivity index (χ1v) is 8.52. The Kier molecular flexibility index (Phi) is 4.16. The number of thiazole rings is 1. The molecule has 0 atom stereocenters. The number of nitrogen functional groups attached to an aromatic ring is 1. The number of para-hydroxylation sites is 1. The van der Waals surface area contributed by atoms with E-state index in [0.29, 0.717) is 10.9 Å². The standard InChI is InChI=1S/C18H13N5O2S/c19-16-15(20-8-9-21-16)17(24)23-18-22-13-7-6-12(10-14(13)26-18)25-11-4-2-1-3-5-11/h1-10H,(H2,19,21)(H,22,23,24). The molecule has 0 spiro atoms. The van der Waals surface area contributed by atoms with Crippen LogP contribution in [0, 0.1) is 0 Å². The van der Waals surface area contributed by atoms with Crippen molar-refractivity contribution in [3.63, 3.8) is 0 Å². The van der Waals surface area contributed by atoms with Crippen molar-refractivity contribution in [1.82, 2.24) is 15.0 Å². The van der Waals surface area contributed by atoms with Crippen molar-refractivity contribution in [2.75, 3.05) is 11.1 Å². The van der Waals surface area contributed by atoms with Gasteiger partial charge in [-0.25, -0.2) is 15.0 Å². The Balaban J connectivity index is 1.56. The SMILES string of the molecule is Nc1nccnc1C(=O)Nc1nc2ccc(Oc3ccccc3)cc2s1. The molecule has 8 heteroatoms. The van der Waals surface area contributed by atoms with E-state index in [2.05, 4.69) is 20.3 Å². The molecule has 0 aliphatic carbocycles. The van der Waals surface area contributed by atoms with Crippen molar-refractivity contribution >= 4 is 38.4 Å². The van der Waals surface area contributed by atoms with Gasteiger partial charge in [0.2, 0.25) is 0 Å². The number of hydrogen-bond donors (Lipinski definition) is 2. The Morgan fingerprint density at radius 2 is 1.85 bits per heavy atom. The molecule has 0 bridgehead atoms. The highest BCUT2D eigenvalue weighted by Gasteiger charge is 2.14. The van der Waals surface area contributed by atoms with E-state index in [1.807, 2.05) is 48.5 Å². The molecule has 4 rings (SSSR count). The van der Waals surface area contributed by atoms with Crippen molar-refractivity contribution in [2.24, 2.45) is 0 Å². The molecule has 0 unspecified atom stereocenters. The highest BCUT2D eigenvalue weighted by atomic mass is 32.1. The number of nitrogens with one attached hydrogen (secondary N) is 1. The summed E-state index contributed by atoms with van der Waals surface area (Å²) in [4.78, 5) is 24.5. The van der Waals surface area contributed by atoms with Gasteiger partial charge in [-0.2, -0.15) is 0 Å². The number of carbonyl (C=O) groups is 1. The van der Waals surface area contributed by atoms with Gasteiger partial charge in [-0.05, 0) is 24.3 Å². The first-order chi connectivity index (χ1) is 12.7. The number of nitrogens with two attached hydrogens (primary N) is 1. The molecule has 2 heterocycles. The molecule has 3 N–H and O–H groups in total. The monoisotopic (exact) mass is 363 g/mol. The van der Waals surface area contributed by atoms with Crippen LogP contribution in [0.2, 0.25) is 0 Å². The van der Waals surface area contributed by atoms with E-state index in [9.17, 15) is 4.79 Å². The molecule has 0 fully saturated rings. The molecular formula is C18H13N5O2S. The molecule has 1 amide bonds. The molecule has 0 saturated carbocycles. The van der Waals surface area contributed by atoms with Gasteiger partial charge < -0.3 is 10.5 Å². The molecule has 0 aliphatic rings. The Labute approximate surface area is 152 Å². The van der Waals surface area contributed by atoms with Gasteiger partial charge in [-0.3, -0.25) is 10.1 Å². The summed E-state index contributed by atoms with van der Waals surface area (Å²) in [5.74, 6) is 1.08. The first-order valence-electron chi connectivity index (χ1n) is 7.70. The second-order valence-electron chi connectivity index (χ2n) is 5.31. The number of anilines is 2. The van der Waals surface area contributed by atoms with E-state index >= 15 is 0 Å². The predicted molar refractivity (Wildman–Crippen MR) is 101 cm³/mol. The summed E-state index contributed by atoms with van der Waals surface area (Å²) in [6.45, 7) is 0. The summed E-state index contributed by atoms with van der Waals surface area (Å²) in [6.07, 6.45) is 2.84. The summed E-state index contributed by atoms with van der Waals surface area (Å²) in [6, 6.07) is 15.1. The minimum absolute atomic E-state index is 0.0693. The number of ether oxygens (including phenoxy) is 1.